The van der Waals surface area contributed by atoms with E-state index in [-0.39, 0.29) is 30.1 Å². The second-order valence-electron chi connectivity index (χ2n) is 6.11. The van der Waals surface area contributed by atoms with Crippen molar-refractivity contribution in [2.24, 2.45) is 0 Å². The highest BCUT2D eigenvalue weighted by atomic mass is 35.5. The summed E-state index contributed by atoms with van der Waals surface area (Å²) in [5.74, 6) is -0.234. The summed E-state index contributed by atoms with van der Waals surface area (Å²) in [7, 11) is 1.58. The highest BCUT2D eigenvalue weighted by molar-refractivity contribution is 6.31. The standard InChI is InChI=1S/C18H18ClFN4O2/c1-11-4-3-5-16(22-11)24-10-15(23(2)18(24)26)17(25)21-9-12-6-7-13(20)8-14(12)19/h3-8,15H,9-10H2,1-2H3,(H,21,25). The molecule has 136 valence electrons. The lowest BCUT2D eigenvalue weighted by Gasteiger charge is -2.17. The maximum Gasteiger partial charge on any atom is 0.326 e. The average Bonchev–Trinajstić information content (AvgIpc) is 2.89. The first-order chi connectivity index (χ1) is 12.4. The molecule has 1 unspecified atom stereocenters. The molecule has 1 saturated heterocycles. The van der Waals surface area contributed by atoms with Gasteiger partial charge in [0.05, 0.1) is 6.54 Å². The van der Waals surface area contributed by atoms with E-state index in [2.05, 4.69) is 10.3 Å². The minimum atomic E-state index is -0.649. The van der Waals surface area contributed by atoms with Crippen LogP contribution in [0.1, 0.15) is 11.3 Å². The monoisotopic (exact) mass is 376 g/mol. The number of anilines is 1. The van der Waals surface area contributed by atoms with Crippen molar-refractivity contribution in [2.45, 2.75) is 19.5 Å². The van der Waals surface area contributed by atoms with Crippen LogP contribution in [-0.4, -0.2) is 41.5 Å². The molecular formula is C18H18ClFN4O2. The molecule has 0 saturated carbocycles. The van der Waals surface area contributed by atoms with Crippen LogP contribution < -0.4 is 10.2 Å². The van der Waals surface area contributed by atoms with Gasteiger partial charge in [0.1, 0.15) is 17.7 Å². The summed E-state index contributed by atoms with van der Waals surface area (Å²) in [5, 5.41) is 2.99. The van der Waals surface area contributed by atoms with Gasteiger partial charge >= 0.3 is 6.03 Å². The number of carbonyl (C=O) groups is 2. The fourth-order valence-electron chi connectivity index (χ4n) is 2.79. The van der Waals surface area contributed by atoms with Gasteiger partial charge in [0.15, 0.2) is 0 Å². The van der Waals surface area contributed by atoms with Crippen molar-refractivity contribution in [1.82, 2.24) is 15.2 Å². The molecule has 1 aromatic carbocycles. The maximum absolute atomic E-state index is 13.1. The molecule has 1 aliphatic rings. The first-order valence-corrected chi connectivity index (χ1v) is 8.44. The third-order valence-electron chi connectivity index (χ3n) is 4.28. The van der Waals surface area contributed by atoms with Gasteiger partial charge < -0.3 is 10.2 Å². The highest BCUT2D eigenvalue weighted by Gasteiger charge is 2.40. The second kappa shape index (κ2) is 7.29. The number of aromatic nitrogens is 1. The molecule has 3 rings (SSSR count). The Morgan fingerprint density at radius 1 is 1.38 bits per heavy atom. The molecule has 0 bridgehead atoms. The van der Waals surface area contributed by atoms with E-state index < -0.39 is 11.9 Å². The molecule has 6 nitrogen and oxygen atoms in total. The zero-order valence-corrected chi connectivity index (χ0v) is 15.1. The molecule has 1 fully saturated rings. The maximum atomic E-state index is 13.1. The molecule has 0 radical (unpaired) electrons. The van der Waals surface area contributed by atoms with Crippen molar-refractivity contribution in [3.8, 4) is 0 Å². The van der Waals surface area contributed by atoms with Crippen LogP contribution in [0.3, 0.4) is 0 Å². The molecule has 1 aliphatic heterocycles. The van der Waals surface area contributed by atoms with Crippen molar-refractivity contribution in [3.63, 3.8) is 0 Å². The van der Waals surface area contributed by atoms with Crippen molar-refractivity contribution in [1.29, 1.82) is 0 Å². The summed E-state index contributed by atoms with van der Waals surface area (Å²) >= 11 is 5.97. The number of halogens is 2. The average molecular weight is 377 g/mol. The van der Waals surface area contributed by atoms with Gasteiger partial charge in [0.2, 0.25) is 5.91 Å². The summed E-state index contributed by atoms with van der Waals surface area (Å²) in [6.45, 7) is 2.19. The van der Waals surface area contributed by atoms with Crippen molar-refractivity contribution in [3.05, 3.63) is 58.5 Å². The summed E-state index contributed by atoms with van der Waals surface area (Å²) in [5.41, 5.74) is 1.39. The smallest absolute Gasteiger partial charge is 0.326 e. The largest absolute Gasteiger partial charge is 0.350 e. The minimum absolute atomic E-state index is 0.152. The van der Waals surface area contributed by atoms with E-state index in [9.17, 15) is 14.0 Å². The van der Waals surface area contributed by atoms with Crippen LogP contribution in [0.5, 0.6) is 0 Å². The van der Waals surface area contributed by atoms with Crippen LogP contribution in [0, 0.1) is 12.7 Å². The predicted molar refractivity (Wildman–Crippen MR) is 96.5 cm³/mol. The number of carbonyl (C=O) groups excluding carboxylic acids is 2. The van der Waals surface area contributed by atoms with Gasteiger partial charge in [-0.2, -0.15) is 0 Å². The number of aryl methyl sites for hydroxylation is 1. The first-order valence-electron chi connectivity index (χ1n) is 8.06. The van der Waals surface area contributed by atoms with Crippen LogP contribution in [0.4, 0.5) is 15.0 Å². The fourth-order valence-corrected chi connectivity index (χ4v) is 3.03. The van der Waals surface area contributed by atoms with E-state index in [4.69, 9.17) is 11.6 Å². The number of urea groups is 1. The molecular weight excluding hydrogens is 359 g/mol. The zero-order valence-electron chi connectivity index (χ0n) is 14.4. The van der Waals surface area contributed by atoms with Gasteiger partial charge in [-0.1, -0.05) is 23.7 Å². The number of pyridine rings is 1. The van der Waals surface area contributed by atoms with Crippen molar-refractivity contribution in [2.75, 3.05) is 18.5 Å². The van der Waals surface area contributed by atoms with Crippen LogP contribution in [0.25, 0.3) is 0 Å². The van der Waals surface area contributed by atoms with E-state index in [0.717, 1.165) is 5.69 Å². The summed E-state index contributed by atoms with van der Waals surface area (Å²) < 4.78 is 13.1. The van der Waals surface area contributed by atoms with Crippen molar-refractivity contribution < 1.29 is 14.0 Å². The Morgan fingerprint density at radius 3 is 2.85 bits per heavy atom. The normalized spacial score (nSPS) is 16.9. The zero-order chi connectivity index (χ0) is 18.8. The SMILES string of the molecule is Cc1cccc(N2CC(C(=O)NCc3ccc(F)cc3Cl)N(C)C2=O)n1. The Morgan fingerprint density at radius 2 is 2.15 bits per heavy atom. The van der Waals surface area contributed by atoms with E-state index in [0.29, 0.717) is 11.4 Å². The molecule has 1 aromatic heterocycles. The third kappa shape index (κ3) is 3.62. The number of amides is 3. The second-order valence-corrected chi connectivity index (χ2v) is 6.52. The number of hydrogen-bond donors (Lipinski definition) is 1. The van der Waals surface area contributed by atoms with Gasteiger partial charge in [-0.25, -0.2) is 14.2 Å². The minimum Gasteiger partial charge on any atom is -0.350 e. The van der Waals surface area contributed by atoms with E-state index >= 15 is 0 Å². The Hall–Kier alpha value is -2.67. The fraction of sp³-hybridized carbons (Fsp3) is 0.278. The Labute approximate surface area is 155 Å². The lowest BCUT2D eigenvalue weighted by molar-refractivity contribution is -0.124. The van der Waals surface area contributed by atoms with Gasteiger partial charge in [-0.05, 0) is 36.8 Å². The number of nitrogens with zero attached hydrogens (tertiary/aromatic N) is 3. The van der Waals surface area contributed by atoms with Crippen LogP contribution in [0.15, 0.2) is 36.4 Å². The quantitative estimate of drug-likeness (QED) is 0.892. The van der Waals surface area contributed by atoms with Crippen LogP contribution in [0.2, 0.25) is 5.02 Å². The van der Waals surface area contributed by atoms with Gasteiger partial charge in [0.25, 0.3) is 0 Å². The molecule has 1 atom stereocenters. The molecule has 2 aromatic rings. The van der Waals surface area contributed by atoms with Gasteiger partial charge in [-0.3, -0.25) is 9.69 Å². The summed E-state index contributed by atoms with van der Waals surface area (Å²) in [4.78, 5) is 32.2. The molecule has 26 heavy (non-hydrogen) atoms. The molecule has 0 aliphatic carbocycles. The molecule has 3 amide bonds. The van der Waals surface area contributed by atoms with E-state index in [1.165, 1.54) is 28.0 Å². The van der Waals surface area contributed by atoms with E-state index in [1.54, 1.807) is 13.1 Å². The predicted octanol–water partition coefficient (Wildman–Crippen LogP) is 2.74. The summed E-state index contributed by atoms with van der Waals surface area (Å²) in [6.07, 6.45) is 0. The number of nitrogens with one attached hydrogen (secondary N) is 1. The summed E-state index contributed by atoms with van der Waals surface area (Å²) in [6, 6.07) is 8.44. The molecule has 2 heterocycles. The first kappa shape index (κ1) is 18.1. The highest BCUT2D eigenvalue weighted by Crippen LogP contribution is 2.22. The lowest BCUT2D eigenvalue weighted by Crippen LogP contribution is -2.43. The lowest BCUT2D eigenvalue weighted by atomic mass is 10.2. The number of benzene rings is 1. The molecule has 0 spiro atoms. The third-order valence-corrected chi connectivity index (χ3v) is 4.63. The Kier molecular flexibility index (Phi) is 5.08. The van der Waals surface area contributed by atoms with E-state index in [1.807, 2.05) is 19.1 Å². The number of rotatable bonds is 4. The van der Waals surface area contributed by atoms with Crippen molar-refractivity contribution >= 4 is 29.4 Å². The molecule has 8 heteroatoms. The number of likely N-dealkylation sites (N-methyl/N-ethyl adjacent to an activating group) is 1. The van der Waals surface area contributed by atoms with Gasteiger partial charge in [-0.15, -0.1) is 0 Å². The van der Waals surface area contributed by atoms with Crippen LogP contribution in [-0.2, 0) is 11.3 Å². The topological polar surface area (TPSA) is 65.5 Å². The number of hydrogen-bond acceptors (Lipinski definition) is 3. The Bertz CT molecular complexity index is 861. The van der Waals surface area contributed by atoms with Crippen LogP contribution >= 0.6 is 11.6 Å². The Balaban J connectivity index is 1.69. The van der Waals surface area contributed by atoms with Gasteiger partial charge in [0, 0.05) is 24.3 Å². The molecule has 1 N–H and O–H groups in total.